The van der Waals surface area contributed by atoms with Crippen molar-refractivity contribution in [2.45, 2.75) is 69.4 Å². The minimum Gasteiger partial charge on any atom is -0.495 e. The number of fused-ring (bicyclic) bond motifs is 1. The predicted octanol–water partition coefficient (Wildman–Crippen LogP) is 6.67. The molecule has 0 unspecified atom stereocenters. The fraction of sp³-hybridized carbons (Fsp3) is 0.473. The van der Waals surface area contributed by atoms with Crippen molar-refractivity contribution in [2.75, 3.05) is 91.1 Å². The van der Waals surface area contributed by atoms with E-state index in [2.05, 4.69) is 25.8 Å². The number of methoxy groups -OCH3 is 2. The molecule has 6 amide bonds. The van der Waals surface area contributed by atoms with E-state index in [-0.39, 0.29) is 75.9 Å². The summed E-state index contributed by atoms with van der Waals surface area (Å²) in [4.78, 5) is 72.2. The first kappa shape index (κ1) is 52.5. The molecule has 394 valence electrons. The quantitative estimate of drug-likeness (QED) is 0.0939. The summed E-state index contributed by atoms with van der Waals surface area (Å²) in [6.45, 7) is 9.49. The summed E-state index contributed by atoms with van der Waals surface area (Å²) in [7, 11) is 2.80. The first-order valence-corrected chi connectivity index (χ1v) is 26.0. The number of hydrogen-bond donors (Lipinski definition) is 4. The molecule has 74 heavy (non-hydrogen) atoms. The van der Waals surface area contributed by atoms with Gasteiger partial charge in [0, 0.05) is 112 Å². The van der Waals surface area contributed by atoms with Crippen LogP contribution in [0.4, 0.5) is 19.3 Å². The Labute approximate surface area is 435 Å². The van der Waals surface area contributed by atoms with Gasteiger partial charge >= 0.3 is 6.03 Å². The number of benzene rings is 4. The first-order valence-electron chi connectivity index (χ1n) is 25.7. The smallest absolute Gasteiger partial charge is 0.328 e. The Hall–Kier alpha value is -6.34. The number of carbonyl (C=O) groups is 5. The minimum atomic E-state index is -1.08. The van der Waals surface area contributed by atoms with E-state index in [9.17, 15) is 24.0 Å². The van der Waals surface area contributed by atoms with Gasteiger partial charge < -0.3 is 40.4 Å². The van der Waals surface area contributed by atoms with Gasteiger partial charge in [-0.15, -0.1) is 0 Å². The lowest BCUT2D eigenvalue weighted by Gasteiger charge is -2.39. The minimum absolute atomic E-state index is 0.0107. The predicted molar refractivity (Wildman–Crippen MR) is 276 cm³/mol. The number of amides is 6. The normalized spacial score (nSPS) is 22.7. The van der Waals surface area contributed by atoms with E-state index in [0.29, 0.717) is 67.5 Å². The van der Waals surface area contributed by atoms with Crippen molar-refractivity contribution in [3.05, 3.63) is 106 Å². The molecule has 3 saturated heterocycles. The largest absolute Gasteiger partial charge is 0.495 e. The number of likely N-dealkylation sites (tertiary alicyclic amines) is 1. The number of piperidine rings is 1. The first-order chi connectivity index (χ1) is 35.7. The maximum atomic E-state index is 16.2. The Bertz CT molecular complexity index is 2760. The van der Waals surface area contributed by atoms with Gasteiger partial charge in [0.2, 0.25) is 17.7 Å². The van der Waals surface area contributed by atoms with Gasteiger partial charge in [-0.2, -0.15) is 0 Å². The molecule has 4 heterocycles. The number of nitrogens with one attached hydrogen (secondary N) is 3. The average molecular weight is 1040 g/mol. The van der Waals surface area contributed by atoms with Crippen LogP contribution in [0.5, 0.6) is 17.2 Å². The van der Waals surface area contributed by atoms with Gasteiger partial charge in [0.1, 0.15) is 17.3 Å². The zero-order chi connectivity index (χ0) is 52.3. The molecule has 0 spiro atoms. The van der Waals surface area contributed by atoms with Gasteiger partial charge in [0.05, 0.1) is 30.5 Å². The summed E-state index contributed by atoms with van der Waals surface area (Å²) < 4.78 is 49.5. The summed E-state index contributed by atoms with van der Waals surface area (Å²) in [5.74, 6) is -2.58. The van der Waals surface area contributed by atoms with E-state index in [4.69, 9.17) is 31.5 Å². The number of imide groups is 1. The molecule has 4 aromatic rings. The summed E-state index contributed by atoms with van der Waals surface area (Å²) in [5.41, 5.74) is 6.41. The molecule has 1 saturated carbocycles. The van der Waals surface area contributed by atoms with Crippen LogP contribution in [0, 0.1) is 23.5 Å². The lowest BCUT2D eigenvalue weighted by atomic mass is 9.77. The third-order valence-corrected chi connectivity index (χ3v) is 16.3. The van der Waals surface area contributed by atoms with E-state index >= 15 is 8.78 Å². The van der Waals surface area contributed by atoms with Crippen molar-refractivity contribution in [3.63, 3.8) is 0 Å². The third kappa shape index (κ3) is 10.8. The number of anilines is 1. The molecule has 5 N–H and O–H groups in total. The number of urea groups is 1. The zero-order valence-electron chi connectivity index (χ0n) is 42.2. The topological polar surface area (TPSA) is 188 Å². The molecule has 9 rings (SSSR count). The van der Waals surface area contributed by atoms with Crippen LogP contribution in [-0.2, 0) is 15.2 Å². The molecule has 19 heteroatoms. The summed E-state index contributed by atoms with van der Waals surface area (Å²) >= 11 is 6.69. The second-order valence-corrected chi connectivity index (χ2v) is 20.5. The molecule has 2 atom stereocenters. The highest BCUT2D eigenvalue weighted by Gasteiger charge is 2.50. The van der Waals surface area contributed by atoms with E-state index in [1.165, 1.54) is 37.3 Å². The number of carbonyl (C=O) groups excluding carboxylic acids is 5. The second kappa shape index (κ2) is 22.6. The molecule has 5 aliphatic rings. The van der Waals surface area contributed by atoms with E-state index in [1.54, 1.807) is 18.2 Å². The third-order valence-electron chi connectivity index (χ3n) is 15.9. The monoisotopic (exact) mass is 1040 g/mol. The van der Waals surface area contributed by atoms with Crippen LogP contribution in [0.3, 0.4) is 0 Å². The number of rotatable bonds is 16. The number of hydrogen-bond acceptors (Lipinski definition) is 11. The number of halogens is 3. The van der Waals surface area contributed by atoms with Crippen molar-refractivity contribution in [2.24, 2.45) is 17.6 Å². The van der Waals surface area contributed by atoms with E-state index < -0.39 is 35.1 Å². The highest BCUT2D eigenvalue weighted by Crippen LogP contribution is 2.56. The van der Waals surface area contributed by atoms with E-state index in [0.717, 1.165) is 70.5 Å². The van der Waals surface area contributed by atoms with Crippen molar-refractivity contribution < 1.29 is 47.0 Å². The van der Waals surface area contributed by atoms with Crippen molar-refractivity contribution >= 4 is 46.9 Å². The van der Waals surface area contributed by atoms with Crippen molar-refractivity contribution in [3.8, 4) is 28.4 Å². The Morgan fingerprint density at radius 1 is 0.851 bits per heavy atom. The SMILES string of the molecule is COc1ccc(C(=O)N2CCN(CC3CCN(CCNC(=O)C4CCC(NC[C@]5(c6ccccc6)Oc6cc(F)c(Cl)c(-c7c(C(N)=O)ccc(OC)c7F)c6[C@@H]5C)CC4)CC3)CC2)cc1N1CCC(=O)NC1=O. The Morgan fingerprint density at radius 3 is 2.23 bits per heavy atom. The van der Waals surface area contributed by atoms with Gasteiger partial charge in [0.15, 0.2) is 17.2 Å². The highest BCUT2D eigenvalue weighted by molar-refractivity contribution is 6.34. The van der Waals surface area contributed by atoms with Crippen LogP contribution >= 0.6 is 11.6 Å². The molecular weight excluding hydrogens is 974 g/mol. The lowest BCUT2D eigenvalue weighted by Crippen LogP contribution is -2.51. The standard InChI is InChI=1S/C55H65ClF2N8O8/c1-33-46-44(30-40(57)49(56)48(46)47-39(51(59)68)14-16-43(73-3)50(47)58)74-55(33,37-7-5-4-6-8-37)32-61-38-12-9-35(10-13-38)52(69)60-20-24-63-21-17-34(18-22-63)31-64-25-27-65(28-26-64)53(70)36-11-15-42(72-2)41(29-36)66-23-19-45(67)62-54(66)71/h4-8,11,14-16,29-30,33-35,38,61H,9-10,12-13,17-28,31-32H2,1-3H3,(H2,59,68)(H,60,69)(H,62,67,71)/t33-,35?,38?,55-/m0/s1. The molecule has 4 aliphatic heterocycles. The molecule has 0 radical (unpaired) electrons. The number of nitrogens with zero attached hydrogens (tertiary/aromatic N) is 4. The molecule has 0 bridgehead atoms. The second-order valence-electron chi connectivity index (χ2n) is 20.1. The summed E-state index contributed by atoms with van der Waals surface area (Å²) in [6, 6.07) is 18.0. The number of nitrogens with two attached hydrogens (primary N) is 1. The van der Waals surface area contributed by atoms with Gasteiger partial charge in [-0.25, -0.2) is 13.6 Å². The van der Waals surface area contributed by atoms with E-state index in [1.807, 2.05) is 42.2 Å². The van der Waals surface area contributed by atoms with Gasteiger partial charge in [-0.1, -0.05) is 48.9 Å². The Balaban J connectivity index is 0.723. The van der Waals surface area contributed by atoms with Crippen molar-refractivity contribution in [1.82, 2.24) is 30.7 Å². The molecular formula is C55H65ClF2N8O8. The Kier molecular flexibility index (Phi) is 16.1. The van der Waals surface area contributed by atoms with Crippen LogP contribution in [0.15, 0.2) is 66.7 Å². The van der Waals surface area contributed by atoms with Crippen LogP contribution in [-0.4, -0.2) is 137 Å². The Morgan fingerprint density at radius 2 is 1.55 bits per heavy atom. The van der Waals surface area contributed by atoms with Gasteiger partial charge in [-0.05, 0) is 93.4 Å². The van der Waals surface area contributed by atoms with Crippen LogP contribution in [0.25, 0.3) is 11.1 Å². The lowest BCUT2D eigenvalue weighted by molar-refractivity contribution is -0.126. The summed E-state index contributed by atoms with van der Waals surface area (Å²) in [6.07, 6.45) is 5.26. The molecule has 4 fully saturated rings. The van der Waals surface area contributed by atoms with Gasteiger partial charge in [-0.3, -0.25) is 34.3 Å². The number of piperazine rings is 1. The van der Waals surface area contributed by atoms with Crippen molar-refractivity contribution in [1.29, 1.82) is 0 Å². The summed E-state index contributed by atoms with van der Waals surface area (Å²) in [5, 5.41) is 8.90. The zero-order valence-corrected chi connectivity index (χ0v) is 42.9. The highest BCUT2D eigenvalue weighted by atomic mass is 35.5. The van der Waals surface area contributed by atoms with Gasteiger partial charge in [0.25, 0.3) is 5.91 Å². The molecule has 0 aromatic heterocycles. The average Bonchev–Trinajstić information content (AvgIpc) is 3.70. The maximum Gasteiger partial charge on any atom is 0.328 e. The fourth-order valence-electron chi connectivity index (χ4n) is 11.6. The van der Waals surface area contributed by atoms with Crippen LogP contribution < -0.4 is 40.8 Å². The molecule has 1 aliphatic carbocycles. The number of primary amides is 1. The molecule has 4 aromatic carbocycles. The maximum absolute atomic E-state index is 16.2. The number of ether oxygens (including phenoxy) is 3. The fourth-order valence-corrected chi connectivity index (χ4v) is 11.9. The molecule has 16 nitrogen and oxygen atoms in total. The van der Waals surface area contributed by atoms with Crippen LogP contribution in [0.2, 0.25) is 5.02 Å². The van der Waals surface area contributed by atoms with Crippen LogP contribution in [0.1, 0.15) is 89.6 Å².